The molecule has 3 unspecified atom stereocenters. The van der Waals surface area contributed by atoms with Gasteiger partial charge in [0.05, 0.1) is 0 Å². The summed E-state index contributed by atoms with van der Waals surface area (Å²) in [5.41, 5.74) is 0.0748. The number of nitrogens with one attached hydrogen (secondary N) is 1. The molecule has 174 valence electrons. The van der Waals surface area contributed by atoms with E-state index in [4.69, 9.17) is 4.84 Å². The summed E-state index contributed by atoms with van der Waals surface area (Å²) in [5.74, 6) is -0.716. The Balaban J connectivity index is 1.54. The normalized spacial score (nSPS) is 29.0. The molecule has 0 radical (unpaired) electrons. The third-order valence-electron chi connectivity index (χ3n) is 6.78. The molecule has 32 heavy (non-hydrogen) atoms. The van der Waals surface area contributed by atoms with E-state index in [1.807, 2.05) is 13.8 Å². The van der Waals surface area contributed by atoms with Crippen LogP contribution in [0.3, 0.4) is 0 Å². The number of carbonyl (C=O) groups is 2. The van der Waals surface area contributed by atoms with Crippen LogP contribution < -0.4 is 5.32 Å². The summed E-state index contributed by atoms with van der Waals surface area (Å²) in [6.45, 7) is 4.32. The van der Waals surface area contributed by atoms with Gasteiger partial charge < -0.3 is 15.1 Å². The summed E-state index contributed by atoms with van der Waals surface area (Å²) in [6, 6.07) is 4.47. The number of rotatable bonds is 5. The van der Waals surface area contributed by atoms with E-state index in [1.165, 1.54) is 35.6 Å². The lowest BCUT2D eigenvalue weighted by Crippen LogP contribution is -2.65. The first kappa shape index (κ1) is 22.7. The Labute approximate surface area is 187 Å². The topological polar surface area (TPSA) is 71.0 Å². The van der Waals surface area contributed by atoms with Crippen molar-refractivity contribution in [2.24, 2.45) is 17.0 Å². The molecule has 1 N–H and O–H groups in total. The second kappa shape index (κ2) is 9.55. The van der Waals surface area contributed by atoms with Crippen LogP contribution in [-0.2, 0) is 14.4 Å². The smallest absolute Gasteiger partial charge is 0.275 e. The Morgan fingerprint density at radius 2 is 1.91 bits per heavy atom. The van der Waals surface area contributed by atoms with Crippen LogP contribution in [0.25, 0.3) is 0 Å². The predicted molar refractivity (Wildman–Crippen MR) is 116 cm³/mol. The minimum Gasteiger partial charge on any atom is -0.384 e. The molecule has 4 atom stereocenters. The summed E-state index contributed by atoms with van der Waals surface area (Å²) >= 11 is 0. The zero-order valence-electron chi connectivity index (χ0n) is 18.6. The molecule has 3 aliphatic rings. The first-order chi connectivity index (χ1) is 15.3. The van der Waals surface area contributed by atoms with Gasteiger partial charge >= 0.3 is 0 Å². The fraction of sp³-hybridized carbons (Fsp3) is 0.625. The molecule has 0 aromatic heterocycles. The number of hydrogen-bond donors (Lipinski definition) is 1. The molecule has 1 aromatic rings. The number of halogens is 2. The molecular formula is C24H31F2N3O3. The maximum absolute atomic E-state index is 15.3. The third kappa shape index (κ3) is 4.64. The van der Waals surface area contributed by atoms with E-state index in [0.717, 1.165) is 25.7 Å². The van der Waals surface area contributed by atoms with Crippen LogP contribution in [0.15, 0.2) is 29.4 Å². The van der Waals surface area contributed by atoms with Gasteiger partial charge in [-0.05, 0) is 48.8 Å². The monoisotopic (exact) mass is 447 g/mol. The fourth-order valence-corrected chi connectivity index (χ4v) is 5.06. The lowest BCUT2D eigenvalue weighted by molar-refractivity contribution is -0.142. The third-order valence-corrected chi connectivity index (χ3v) is 6.78. The molecule has 1 aliphatic carbocycles. The molecular weight excluding hydrogens is 416 g/mol. The quantitative estimate of drug-likeness (QED) is 0.744. The predicted octanol–water partition coefficient (Wildman–Crippen LogP) is 3.91. The summed E-state index contributed by atoms with van der Waals surface area (Å²) in [6.07, 6.45) is 3.06. The molecule has 2 fully saturated rings. The standard InChI is InChI=1S/C24H31F2N3O3/c1-14(2)12-19-23(30)27-18(15-6-4-3-5-7-15)13-29(19)24(31)21-20(26)22(32-28-21)16-8-10-17(25)11-9-16/h8-11,14-15,18-20,22H,3-7,12-13H2,1-2H3,(H,27,30)/t18-,19?,20?,22?/m1/s1. The molecule has 1 saturated carbocycles. The van der Waals surface area contributed by atoms with Crippen LogP contribution in [0.4, 0.5) is 8.78 Å². The van der Waals surface area contributed by atoms with Gasteiger partial charge in [-0.1, -0.05) is 50.4 Å². The summed E-state index contributed by atoms with van der Waals surface area (Å²) in [4.78, 5) is 33.2. The Kier molecular flexibility index (Phi) is 6.76. The molecule has 6 nitrogen and oxygen atoms in total. The molecule has 0 bridgehead atoms. The van der Waals surface area contributed by atoms with Crippen molar-refractivity contribution in [3.05, 3.63) is 35.6 Å². The average Bonchev–Trinajstić information content (AvgIpc) is 3.16. The van der Waals surface area contributed by atoms with Gasteiger partial charge in [-0.3, -0.25) is 9.59 Å². The number of alkyl halides is 1. The summed E-state index contributed by atoms with van der Waals surface area (Å²) in [5, 5.41) is 6.91. The van der Waals surface area contributed by atoms with E-state index >= 15 is 4.39 Å². The SMILES string of the molecule is CC(C)CC1C(=O)N[C@@H](C2CCCCC2)CN1C(=O)C1=NOC(c2ccc(F)cc2)C1F. The van der Waals surface area contributed by atoms with Gasteiger partial charge in [-0.2, -0.15) is 0 Å². The van der Waals surface area contributed by atoms with E-state index in [2.05, 4.69) is 10.5 Å². The van der Waals surface area contributed by atoms with E-state index in [-0.39, 0.29) is 23.6 Å². The van der Waals surface area contributed by atoms with Crippen LogP contribution in [-0.4, -0.2) is 47.2 Å². The van der Waals surface area contributed by atoms with E-state index in [9.17, 15) is 14.0 Å². The number of piperazine rings is 1. The van der Waals surface area contributed by atoms with Crippen molar-refractivity contribution in [2.45, 2.75) is 76.7 Å². The minimum absolute atomic E-state index is 0.135. The van der Waals surface area contributed by atoms with Crippen molar-refractivity contribution in [1.82, 2.24) is 10.2 Å². The van der Waals surface area contributed by atoms with Crippen molar-refractivity contribution in [2.75, 3.05) is 6.54 Å². The summed E-state index contributed by atoms with van der Waals surface area (Å²) in [7, 11) is 0. The van der Waals surface area contributed by atoms with Crippen LogP contribution in [0.1, 0.15) is 64.0 Å². The number of nitrogens with zero attached hydrogens (tertiary/aromatic N) is 2. The van der Waals surface area contributed by atoms with Gasteiger partial charge in [0.25, 0.3) is 5.91 Å². The van der Waals surface area contributed by atoms with E-state index < -0.39 is 30.0 Å². The van der Waals surface area contributed by atoms with Crippen molar-refractivity contribution >= 4 is 17.5 Å². The van der Waals surface area contributed by atoms with Crippen molar-refractivity contribution in [3.63, 3.8) is 0 Å². The maximum Gasteiger partial charge on any atom is 0.275 e. The van der Waals surface area contributed by atoms with E-state index in [1.54, 1.807) is 0 Å². The number of carbonyl (C=O) groups excluding carboxylic acids is 2. The van der Waals surface area contributed by atoms with Crippen LogP contribution in [0.5, 0.6) is 0 Å². The minimum atomic E-state index is -1.79. The average molecular weight is 448 g/mol. The highest BCUT2D eigenvalue weighted by atomic mass is 19.1. The van der Waals surface area contributed by atoms with Gasteiger partial charge in [0, 0.05) is 12.6 Å². The highest BCUT2D eigenvalue weighted by Crippen LogP contribution is 2.33. The van der Waals surface area contributed by atoms with Crippen molar-refractivity contribution in [3.8, 4) is 0 Å². The van der Waals surface area contributed by atoms with Crippen molar-refractivity contribution < 1.29 is 23.2 Å². The van der Waals surface area contributed by atoms with E-state index in [0.29, 0.717) is 24.4 Å². The zero-order valence-corrected chi connectivity index (χ0v) is 18.6. The number of amides is 2. The second-order valence-electron chi connectivity index (χ2n) is 9.57. The Bertz CT molecular complexity index is 868. The number of hydrogen-bond acceptors (Lipinski definition) is 4. The molecule has 2 aliphatic heterocycles. The highest BCUT2D eigenvalue weighted by Gasteiger charge is 2.46. The first-order valence-electron chi connectivity index (χ1n) is 11.6. The van der Waals surface area contributed by atoms with Gasteiger partial charge in [0.2, 0.25) is 5.91 Å². The Morgan fingerprint density at radius 3 is 2.56 bits per heavy atom. The molecule has 2 amide bonds. The molecule has 8 heteroatoms. The molecule has 1 saturated heterocycles. The molecule has 1 aromatic carbocycles. The molecule has 2 heterocycles. The highest BCUT2D eigenvalue weighted by molar-refractivity contribution is 6.41. The van der Waals surface area contributed by atoms with Gasteiger partial charge in [0.1, 0.15) is 11.9 Å². The maximum atomic E-state index is 15.3. The van der Waals surface area contributed by atoms with Gasteiger partial charge in [-0.25, -0.2) is 8.78 Å². The van der Waals surface area contributed by atoms with Crippen LogP contribution >= 0.6 is 0 Å². The Hall–Kier alpha value is -2.51. The van der Waals surface area contributed by atoms with Crippen molar-refractivity contribution in [1.29, 1.82) is 0 Å². The van der Waals surface area contributed by atoms with Gasteiger partial charge in [-0.15, -0.1) is 0 Å². The van der Waals surface area contributed by atoms with Crippen LogP contribution in [0.2, 0.25) is 0 Å². The summed E-state index contributed by atoms with van der Waals surface area (Å²) < 4.78 is 28.5. The Morgan fingerprint density at radius 1 is 1.22 bits per heavy atom. The fourth-order valence-electron chi connectivity index (χ4n) is 5.06. The molecule has 4 rings (SSSR count). The van der Waals surface area contributed by atoms with Gasteiger partial charge in [0.15, 0.2) is 18.0 Å². The first-order valence-corrected chi connectivity index (χ1v) is 11.6. The largest absolute Gasteiger partial charge is 0.384 e. The molecule has 0 spiro atoms. The van der Waals surface area contributed by atoms with Crippen LogP contribution in [0, 0.1) is 17.7 Å². The number of benzene rings is 1. The zero-order chi connectivity index (χ0) is 22.8. The second-order valence-corrected chi connectivity index (χ2v) is 9.57. The number of oxime groups is 1. The lowest BCUT2D eigenvalue weighted by Gasteiger charge is -2.43. The lowest BCUT2D eigenvalue weighted by atomic mass is 9.82.